The lowest BCUT2D eigenvalue weighted by atomic mass is 9.96. The third-order valence-corrected chi connectivity index (χ3v) is 11.0. The van der Waals surface area contributed by atoms with E-state index in [4.69, 9.17) is 4.98 Å². The van der Waals surface area contributed by atoms with E-state index in [0.717, 1.165) is 79.4 Å². The fourth-order valence-corrected chi connectivity index (χ4v) is 8.12. The van der Waals surface area contributed by atoms with E-state index >= 15 is 0 Å². The molecule has 0 radical (unpaired) electrons. The van der Waals surface area contributed by atoms with Gasteiger partial charge in [-0.05, 0) is 87.5 Å². The van der Waals surface area contributed by atoms with Crippen molar-refractivity contribution in [2.24, 2.45) is 0 Å². The lowest BCUT2D eigenvalue weighted by Gasteiger charge is -2.27. The summed E-state index contributed by atoms with van der Waals surface area (Å²) in [5.74, 6) is 0.888. The van der Waals surface area contributed by atoms with Crippen LogP contribution in [0.4, 0.5) is 11.4 Å². The smallest absolute Gasteiger partial charge is 0.138 e. The summed E-state index contributed by atoms with van der Waals surface area (Å²) in [6.07, 6.45) is 8.51. The van der Waals surface area contributed by atoms with E-state index in [-0.39, 0.29) is 0 Å². The fraction of sp³-hybridized carbons (Fsp3) is 0.0185. The van der Waals surface area contributed by atoms with Crippen molar-refractivity contribution < 1.29 is 0 Å². The average molecular weight is 730 g/mol. The fourth-order valence-electron chi connectivity index (χ4n) is 8.12. The van der Waals surface area contributed by atoms with Crippen molar-refractivity contribution in [1.29, 1.82) is 0 Å². The second-order valence-electron chi connectivity index (χ2n) is 14.5. The van der Waals surface area contributed by atoms with Crippen molar-refractivity contribution >= 4 is 38.8 Å². The van der Waals surface area contributed by atoms with Gasteiger partial charge in [0, 0.05) is 39.8 Å². The van der Waals surface area contributed by atoms with Gasteiger partial charge in [-0.25, -0.2) is 4.98 Å². The lowest BCUT2D eigenvalue weighted by molar-refractivity contribution is 1.08. The molecule has 9 aromatic rings. The second-order valence-corrected chi connectivity index (χ2v) is 14.5. The molecule has 0 N–H and O–H groups in total. The molecule has 0 spiro atoms. The van der Waals surface area contributed by atoms with Crippen LogP contribution in [-0.4, -0.2) is 16.1 Å². The lowest BCUT2D eigenvalue weighted by Crippen LogP contribution is -2.18. The van der Waals surface area contributed by atoms with Crippen LogP contribution in [0.15, 0.2) is 219 Å². The van der Waals surface area contributed by atoms with E-state index in [2.05, 4.69) is 222 Å². The summed E-state index contributed by atoms with van der Waals surface area (Å²) < 4.78 is 2.32. The molecule has 0 saturated heterocycles. The molecule has 3 heterocycles. The maximum absolute atomic E-state index is 5.33. The first-order chi connectivity index (χ1) is 28.2. The highest BCUT2D eigenvalue weighted by atomic mass is 15.1. The highest BCUT2D eigenvalue weighted by molar-refractivity contribution is 6.10. The molecule has 2 aromatic heterocycles. The van der Waals surface area contributed by atoms with Crippen molar-refractivity contribution in [3.05, 3.63) is 225 Å². The van der Waals surface area contributed by atoms with Crippen LogP contribution < -0.4 is 4.90 Å². The summed E-state index contributed by atoms with van der Waals surface area (Å²) in [7, 11) is 0. The minimum absolute atomic E-state index is 0.721. The van der Waals surface area contributed by atoms with Gasteiger partial charge in [-0.15, -0.1) is 0 Å². The van der Waals surface area contributed by atoms with E-state index in [1.165, 1.54) is 21.9 Å². The standard InChI is InChI=1S/C54H39N3/c1-38-17-6-5-15-32-56(46-25-16-24-42(33-46)39-18-7-2-8-19-39)53-36-44(28-30-47(38)53)43-29-31-52-49(34-43)48-26-13-14-27-51(48)57(52)54-37-45(40-20-9-3-10-21-40)35-50(55-54)41-22-11-4-12-23-41/h2-31,33-37H,1,32H2/b15-5-,17-6-. The normalized spacial score (nSPS) is 13.8. The monoisotopic (exact) mass is 729 g/mol. The van der Waals surface area contributed by atoms with Crippen molar-refractivity contribution in [3.8, 4) is 50.5 Å². The Bertz CT molecular complexity index is 2930. The van der Waals surface area contributed by atoms with Gasteiger partial charge in [0.25, 0.3) is 0 Å². The van der Waals surface area contributed by atoms with Gasteiger partial charge in [0.05, 0.1) is 16.7 Å². The van der Waals surface area contributed by atoms with E-state index < -0.39 is 0 Å². The maximum atomic E-state index is 5.33. The molecular formula is C54H39N3. The number of allylic oxidation sites excluding steroid dienone is 4. The van der Waals surface area contributed by atoms with Gasteiger partial charge in [0.1, 0.15) is 5.82 Å². The van der Waals surface area contributed by atoms with Crippen LogP contribution in [0.1, 0.15) is 5.56 Å². The Hall–Kier alpha value is -7.49. The van der Waals surface area contributed by atoms with Crippen LogP contribution in [-0.2, 0) is 0 Å². The Morgan fingerprint density at radius 2 is 1.09 bits per heavy atom. The highest BCUT2D eigenvalue weighted by Crippen LogP contribution is 2.40. The van der Waals surface area contributed by atoms with Crippen molar-refractivity contribution in [3.63, 3.8) is 0 Å². The second kappa shape index (κ2) is 14.6. The quantitative estimate of drug-likeness (QED) is 0.170. The molecule has 270 valence electrons. The summed E-state index contributed by atoms with van der Waals surface area (Å²) in [5.41, 5.74) is 15.6. The molecule has 0 amide bonds. The van der Waals surface area contributed by atoms with E-state index in [1.54, 1.807) is 0 Å². The minimum Gasteiger partial charge on any atom is -0.337 e. The summed E-state index contributed by atoms with van der Waals surface area (Å²) in [6.45, 7) is 5.22. The first-order valence-corrected chi connectivity index (χ1v) is 19.4. The zero-order chi connectivity index (χ0) is 38.1. The van der Waals surface area contributed by atoms with Gasteiger partial charge in [0.2, 0.25) is 0 Å². The molecule has 3 nitrogen and oxygen atoms in total. The van der Waals surface area contributed by atoms with E-state index in [0.29, 0.717) is 0 Å². The largest absolute Gasteiger partial charge is 0.337 e. The summed E-state index contributed by atoms with van der Waals surface area (Å²) >= 11 is 0. The molecule has 0 aliphatic carbocycles. The Balaban J connectivity index is 1.13. The predicted octanol–water partition coefficient (Wildman–Crippen LogP) is 14.1. The Labute approximate surface area is 333 Å². The predicted molar refractivity (Wildman–Crippen MR) is 241 cm³/mol. The van der Waals surface area contributed by atoms with Crippen LogP contribution in [0.5, 0.6) is 0 Å². The number of nitrogens with zero attached hydrogens (tertiary/aromatic N) is 3. The topological polar surface area (TPSA) is 21.1 Å². The highest BCUT2D eigenvalue weighted by Gasteiger charge is 2.19. The van der Waals surface area contributed by atoms with Crippen LogP contribution in [0.25, 0.3) is 77.8 Å². The summed E-state index contributed by atoms with van der Waals surface area (Å²) in [5, 5.41) is 2.37. The first-order valence-electron chi connectivity index (χ1n) is 19.4. The first kappa shape index (κ1) is 34.0. The third kappa shape index (κ3) is 6.45. The van der Waals surface area contributed by atoms with E-state index in [1.807, 2.05) is 6.07 Å². The van der Waals surface area contributed by atoms with Crippen LogP contribution in [0, 0.1) is 0 Å². The molecule has 0 unspecified atom stereocenters. The number of rotatable bonds is 6. The Kier molecular flexibility index (Phi) is 8.74. The van der Waals surface area contributed by atoms with Crippen LogP contribution in [0.3, 0.4) is 0 Å². The molecule has 0 saturated carbocycles. The number of benzene rings is 7. The number of para-hydroxylation sites is 1. The van der Waals surface area contributed by atoms with Gasteiger partial charge in [-0.2, -0.15) is 0 Å². The number of anilines is 2. The number of hydrogen-bond acceptors (Lipinski definition) is 2. The number of pyridine rings is 1. The molecule has 3 heteroatoms. The van der Waals surface area contributed by atoms with Gasteiger partial charge < -0.3 is 4.90 Å². The van der Waals surface area contributed by atoms with Crippen LogP contribution in [0.2, 0.25) is 0 Å². The number of hydrogen-bond donors (Lipinski definition) is 0. The van der Waals surface area contributed by atoms with Crippen molar-refractivity contribution in [2.75, 3.05) is 11.4 Å². The zero-order valence-corrected chi connectivity index (χ0v) is 31.5. The number of fused-ring (bicyclic) bond motifs is 4. The van der Waals surface area contributed by atoms with Crippen molar-refractivity contribution in [2.45, 2.75) is 0 Å². The molecule has 1 aliphatic rings. The Morgan fingerprint density at radius 1 is 0.456 bits per heavy atom. The van der Waals surface area contributed by atoms with Gasteiger partial charge in [-0.1, -0.05) is 170 Å². The molecule has 0 bridgehead atoms. The van der Waals surface area contributed by atoms with Gasteiger partial charge >= 0.3 is 0 Å². The summed E-state index contributed by atoms with van der Waals surface area (Å²) in [6, 6.07) is 67.2. The zero-order valence-electron chi connectivity index (χ0n) is 31.5. The SMILES string of the molecule is C=C1/C=C\C=C/CN(c2cccc(-c3ccccc3)c2)c2cc(-c3ccc4c(c3)c3ccccc3n4-c3cc(-c4ccccc4)cc(-c4ccccc4)n3)ccc21. The molecule has 7 aromatic carbocycles. The van der Waals surface area contributed by atoms with Gasteiger partial charge in [-0.3, -0.25) is 4.57 Å². The molecule has 57 heavy (non-hydrogen) atoms. The molecule has 0 fully saturated rings. The molecular weight excluding hydrogens is 691 g/mol. The maximum Gasteiger partial charge on any atom is 0.138 e. The van der Waals surface area contributed by atoms with Crippen LogP contribution >= 0.6 is 0 Å². The molecule has 10 rings (SSSR count). The van der Waals surface area contributed by atoms with E-state index in [9.17, 15) is 0 Å². The molecule has 1 aliphatic heterocycles. The summed E-state index contributed by atoms with van der Waals surface area (Å²) in [4.78, 5) is 7.74. The average Bonchev–Trinajstić information content (AvgIpc) is 3.65. The van der Waals surface area contributed by atoms with Crippen molar-refractivity contribution in [1.82, 2.24) is 9.55 Å². The minimum atomic E-state index is 0.721. The molecule has 0 atom stereocenters. The third-order valence-electron chi connectivity index (χ3n) is 11.0. The number of aromatic nitrogens is 2. The van der Waals surface area contributed by atoms with Gasteiger partial charge in [0.15, 0.2) is 0 Å². The Morgan fingerprint density at radius 3 is 1.88 bits per heavy atom.